The van der Waals surface area contributed by atoms with E-state index < -0.39 is 4.92 Å². The molecule has 0 aliphatic carbocycles. The Morgan fingerprint density at radius 3 is 2.44 bits per heavy atom. The van der Waals surface area contributed by atoms with Crippen molar-refractivity contribution in [2.75, 3.05) is 25.0 Å². The van der Waals surface area contributed by atoms with Crippen molar-refractivity contribution in [2.24, 2.45) is 0 Å². The van der Waals surface area contributed by atoms with Gasteiger partial charge in [0.1, 0.15) is 0 Å². The Kier molecular flexibility index (Phi) is 5.93. The number of anilines is 1. The highest BCUT2D eigenvalue weighted by Crippen LogP contribution is 2.22. The van der Waals surface area contributed by atoms with Crippen LogP contribution in [0.25, 0.3) is 0 Å². The van der Waals surface area contributed by atoms with Crippen molar-refractivity contribution in [3.63, 3.8) is 0 Å². The molecule has 2 aromatic carbocycles. The number of nitro groups is 1. The SMILES string of the molecule is O=C(CN1CCCC1)Nc1cc(C(=O)Cc2ccccc2)cc([N+](=O)[O-])c1. The van der Waals surface area contributed by atoms with Gasteiger partial charge in [0.2, 0.25) is 5.91 Å². The molecular formula is C20H21N3O4. The third kappa shape index (κ3) is 5.21. The quantitative estimate of drug-likeness (QED) is 0.461. The lowest BCUT2D eigenvalue weighted by Gasteiger charge is -2.14. The minimum absolute atomic E-state index is 0.142. The van der Waals surface area contributed by atoms with E-state index in [0.717, 1.165) is 31.5 Å². The molecule has 0 unspecified atom stereocenters. The number of hydrogen-bond acceptors (Lipinski definition) is 5. The van der Waals surface area contributed by atoms with E-state index in [1.807, 2.05) is 35.2 Å². The maximum Gasteiger partial charge on any atom is 0.272 e. The number of nitro benzene ring substituents is 1. The fourth-order valence-electron chi connectivity index (χ4n) is 3.18. The van der Waals surface area contributed by atoms with Gasteiger partial charge in [0.15, 0.2) is 5.78 Å². The highest BCUT2D eigenvalue weighted by Gasteiger charge is 2.18. The van der Waals surface area contributed by atoms with Gasteiger partial charge in [-0.15, -0.1) is 0 Å². The smallest absolute Gasteiger partial charge is 0.272 e. The summed E-state index contributed by atoms with van der Waals surface area (Å²) in [5.74, 6) is -0.473. The zero-order valence-electron chi connectivity index (χ0n) is 14.9. The van der Waals surface area contributed by atoms with Gasteiger partial charge in [-0.2, -0.15) is 0 Å². The summed E-state index contributed by atoms with van der Waals surface area (Å²) in [5, 5.41) is 13.9. The maximum absolute atomic E-state index is 12.6. The summed E-state index contributed by atoms with van der Waals surface area (Å²) in [7, 11) is 0. The number of benzene rings is 2. The second-order valence-corrected chi connectivity index (χ2v) is 6.64. The fraction of sp³-hybridized carbons (Fsp3) is 0.300. The van der Waals surface area contributed by atoms with Crippen LogP contribution in [0.4, 0.5) is 11.4 Å². The molecule has 1 N–H and O–H groups in total. The first-order chi connectivity index (χ1) is 13.0. The molecule has 1 heterocycles. The molecule has 7 heteroatoms. The average molecular weight is 367 g/mol. The van der Waals surface area contributed by atoms with E-state index >= 15 is 0 Å². The van der Waals surface area contributed by atoms with Crippen LogP contribution in [-0.2, 0) is 11.2 Å². The lowest BCUT2D eigenvalue weighted by atomic mass is 10.0. The number of non-ortho nitro benzene ring substituents is 1. The van der Waals surface area contributed by atoms with Crippen LogP contribution in [0, 0.1) is 10.1 Å². The normalized spacial score (nSPS) is 14.1. The van der Waals surface area contributed by atoms with Crippen LogP contribution in [0.5, 0.6) is 0 Å². The Morgan fingerprint density at radius 1 is 1.07 bits per heavy atom. The van der Waals surface area contributed by atoms with Crippen molar-refractivity contribution in [3.05, 3.63) is 69.8 Å². The van der Waals surface area contributed by atoms with Gasteiger partial charge < -0.3 is 5.32 Å². The lowest BCUT2D eigenvalue weighted by molar-refractivity contribution is -0.384. The zero-order valence-corrected chi connectivity index (χ0v) is 14.9. The summed E-state index contributed by atoms with van der Waals surface area (Å²) in [6, 6.07) is 13.2. The molecule has 3 rings (SSSR count). The van der Waals surface area contributed by atoms with E-state index in [4.69, 9.17) is 0 Å². The molecular weight excluding hydrogens is 346 g/mol. The van der Waals surface area contributed by atoms with Gasteiger partial charge in [-0.3, -0.25) is 24.6 Å². The predicted octanol–water partition coefficient (Wildman–Crippen LogP) is 3.05. The molecule has 0 aromatic heterocycles. The van der Waals surface area contributed by atoms with E-state index in [0.29, 0.717) is 0 Å². The van der Waals surface area contributed by atoms with Crippen LogP contribution >= 0.6 is 0 Å². The lowest BCUT2D eigenvalue weighted by Crippen LogP contribution is -2.30. The first-order valence-corrected chi connectivity index (χ1v) is 8.90. The number of Topliss-reactive ketones (excluding diaryl/α,β-unsaturated/α-hetero) is 1. The summed E-state index contributed by atoms with van der Waals surface area (Å²) in [5.41, 5.74) is 1.09. The van der Waals surface area contributed by atoms with Crippen LogP contribution in [0.3, 0.4) is 0 Å². The molecule has 0 atom stereocenters. The minimum atomic E-state index is -0.560. The molecule has 1 aliphatic heterocycles. The van der Waals surface area contributed by atoms with Gasteiger partial charge in [-0.1, -0.05) is 30.3 Å². The van der Waals surface area contributed by atoms with Gasteiger partial charge in [-0.25, -0.2) is 0 Å². The molecule has 0 spiro atoms. The monoisotopic (exact) mass is 367 g/mol. The van der Waals surface area contributed by atoms with Crippen molar-refractivity contribution < 1.29 is 14.5 Å². The maximum atomic E-state index is 12.6. The summed E-state index contributed by atoms with van der Waals surface area (Å²) in [6.45, 7) is 2.00. The number of carbonyl (C=O) groups is 2. The highest BCUT2D eigenvalue weighted by molar-refractivity contribution is 6.00. The number of hydrogen-bond donors (Lipinski definition) is 1. The van der Waals surface area contributed by atoms with E-state index in [-0.39, 0.29) is 41.6 Å². The van der Waals surface area contributed by atoms with Gasteiger partial charge >= 0.3 is 0 Å². The number of nitrogens with zero attached hydrogens (tertiary/aromatic N) is 2. The first-order valence-electron chi connectivity index (χ1n) is 8.90. The van der Waals surface area contributed by atoms with Crippen molar-refractivity contribution >= 4 is 23.1 Å². The van der Waals surface area contributed by atoms with Crippen LogP contribution in [0.2, 0.25) is 0 Å². The first kappa shape index (κ1) is 18.7. The summed E-state index contributed by atoms with van der Waals surface area (Å²) in [6.07, 6.45) is 2.29. The number of amides is 1. The molecule has 0 bridgehead atoms. The Balaban J connectivity index is 1.76. The Hall–Kier alpha value is -3.06. The van der Waals surface area contributed by atoms with Crippen molar-refractivity contribution in [1.29, 1.82) is 0 Å². The van der Waals surface area contributed by atoms with Crippen molar-refractivity contribution in [1.82, 2.24) is 4.90 Å². The molecule has 27 heavy (non-hydrogen) atoms. The van der Waals surface area contributed by atoms with Crippen LogP contribution in [0.15, 0.2) is 48.5 Å². The van der Waals surface area contributed by atoms with Gasteiger partial charge in [-0.05, 0) is 37.6 Å². The molecule has 1 amide bonds. The third-order valence-corrected chi connectivity index (χ3v) is 4.51. The number of rotatable bonds is 7. The average Bonchev–Trinajstić information content (AvgIpc) is 3.15. The fourth-order valence-corrected chi connectivity index (χ4v) is 3.18. The number of likely N-dealkylation sites (tertiary alicyclic amines) is 1. The van der Waals surface area contributed by atoms with Crippen LogP contribution < -0.4 is 5.32 Å². The zero-order chi connectivity index (χ0) is 19.2. The molecule has 0 saturated carbocycles. The minimum Gasteiger partial charge on any atom is -0.325 e. The van der Waals surface area contributed by atoms with E-state index in [1.54, 1.807) is 0 Å². The van der Waals surface area contributed by atoms with Gasteiger partial charge in [0.25, 0.3) is 5.69 Å². The van der Waals surface area contributed by atoms with Crippen molar-refractivity contribution in [3.8, 4) is 0 Å². The molecule has 1 aliphatic rings. The van der Waals surface area contributed by atoms with E-state index in [2.05, 4.69) is 5.32 Å². The number of nitrogens with one attached hydrogen (secondary N) is 1. The molecule has 1 saturated heterocycles. The van der Waals surface area contributed by atoms with Gasteiger partial charge in [0.05, 0.1) is 11.5 Å². The summed E-state index contributed by atoms with van der Waals surface area (Å²) in [4.78, 5) is 37.5. The molecule has 1 fully saturated rings. The Labute approximate surface area is 157 Å². The number of ketones is 1. The van der Waals surface area contributed by atoms with Crippen molar-refractivity contribution in [2.45, 2.75) is 19.3 Å². The largest absolute Gasteiger partial charge is 0.325 e. The third-order valence-electron chi connectivity index (χ3n) is 4.51. The molecule has 7 nitrogen and oxygen atoms in total. The Morgan fingerprint density at radius 2 is 1.78 bits per heavy atom. The van der Waals surface area contributed by atoms with Crippen LogP contribution in [0.1, 0.15) is 28.8 Å². The second kappa shape index (κ2) is 8.55. The topological polar surface area (TPSA) is 92.6 Å². The standard InChI is InChI=1S/C20H21N3O4/c24-19(10-15-6-2-1-3-7-15)16-11-17(13-18(12-16)23(26)27)21-20(25)14-22-8-4-5-9-22/h1-3,6-7,11-13H,4-5,8-10,14H2,(H,21,25). The van der Waals surface area contributed by atoms with E-state index in [9.17, 15) is 19.7 Å². The summed E-state index contributed by atoms with van der Waals surface area (Å²) >= 11 is 0. The summed E-state index contributed by atoms with van der Waals surface area (Å²) < 4.78 is 0. The predicted molar refractivity (Wildman–Crippen MR) is 102 cm³/mol. The van der Waals surface area contributed by atoms with Gasteiger partial charge in [0, 0.05) is 29.8 Å². The highest BCUT2D eigenvalue weighted by atomic mass is 16.6. The molecule has 140 valence electrons. The Bertz CT molecular complexity index is 846. The number of carbonyl (C=O) groups excluding carboxylic acids is 2. The molecule has 2 aromatic rings. The van der Waals surface area contributed by atoms with E-state index in [1.165, 1.54) is 18.2 Å². The molecule has 0 radical (unpaired) electrons. The second-order valence-electron chi connectivity index (χ2n) is 6.64. The van der Waals surface area contributed by atoms with Crippen LogP contribution in [-0.4, -0.2) is 41.1 Å².